The molecule has 0 atom stereocenters. The summed E-state index contributed by atoms with van der Waals surface area (Å²) in [5.74, 6) is -0.578. The molecule has 0 aromatic heterocycles. The van der Waals surface area contributed by atoms with Crippen molar-refractivity contribution in [3.63, 3.8) is 0 Å². The van der Waals surface area contributed by atoms with Gasteiger partial charge in [0, 0.05) is 19.2 Å². The lowest BCUT2D eigenvalue weighted by Gasteiger charge is -2.22. The summed E-state index contributed by atoms with van der Waals surface area (Å²) in [6, 6.07) is 12.1. The standard InChI is InChI=1S/C19H20FNO2/c1-4-11-21(13-15-7-5-14(2)6-8-15)19(22)17-10-9-16(23-3)12-18(17)20/h4-10,12H,1,11,13H2,2-3H3. The summed E-state index contributed by atoms with van der Waals surface area (Å²) in [6.07, 6.45) is 1.63. The largest absolute Gasteiger partial charge is 0.497 e. The molecule has 0 unspecified atom stereocenters. The molecule has 0 radical (unpaired) electrons. The lowest BCUT2D eigenvalue weighted by molar-refractivity contribution is 0.0758. The third kappa shape index (κ3) is 4.19. The summed E-state index contributed by atoms with van der Waals surface area (Å²) in [7, 11) is 1.46. The number of aryl methyl sites for hydroxylation is 1. The Morgan fingerprint density at radius 3 is 2.52 bits per heavy atom. The molecular formula is C19H20FNO2. The zero-order valence-electron chi connectivity index (χ0n) is 13.4. The second-order valence-corrected chi connectivity index (χ2v) is 5.31. The molecule has 0 saturated heterocycles. The Kier molecular flexibility index (Phi) is 5.52. The average Bonchev–Trinajstić information content (AvgIpc) is 2.55. The van der Waals surface area contributed by atoms with Crippen LogP contribution in [0.4, 0.5) is 4.39 Å². The molecular weight excluding hydrogens is 293 g/mol. The first-order valence-corrected chi connectivity index (χ1v) is 7.34. The van der Waals surface area contributed by atoms with E-state index < -0.39 is 5.82 Å². The number of benzene rings is 2. The maximum absolute atomic E-state index is 14.1. The van der Waals surface area contributed by atoms with Crippen molar-refractivity contribution >= 4 is 5.91 Å². The maximum atomic E-state index is 14.1. The molecule has 23 heavy (non-hydrogen) atoms. The van der Waals surface area contributed by atoms with Crippen LogP contribution in [0, 0.1) is 12.7 Å². The smallest absolute Gasteiger partial charge is 0.257 e. The Balaban J connectivity index is 2.24. The Morgan fingerprint density at radius 1 is 1.26 bits per heavy atom. The highest BCUT2D eigenvalue weighted by atomic mass is 19.1. The quantitative estimate of drug-likeness (QED) is 0.755. The van der Waals surface area contributed by atoms with Crippen molar-refractivity contribution in [1.82, 2.24) is 4.90 Å². The Hall–Kier alpha value is -2.62. The number of nitrogens with zero attached hydrogens (tertiary/aromatic N) is 1. The molecule has 0 fully saturated rings. The monoisotopic (exact) mass is 313 g/mol. The molecule has 4 heteroatoms. The van der Waals surface area contributed by atoms with Crippen LogP contribution in [0.25, 0.3) is 0 Å². The molecule has 0 spiro atoms. The molecule has 1 amide bonds. The average molecular weight is 313 g/mol. The maximum Gasteiger partial charge on any atom is 0.257 e. The van der Waals surface area contributed by atoms with E-state index in [0.717, 1.165) is 11.1 Å². The van der Waals surface area contributed by atoms with Gasteiger partial charge < -0.3 is 9.64 Å². The van der Waals surface area contributed by atoms with Crippen molar-refractivity contribution in [2.75, 3.05) is 13.7 Å². The van der Waals surface area contributed by atoms with Gasteiger partial charge >= 0.3 is 0 Å². The van der Waals surface area contributed by atoms with Gasteiger partial charge in [0.25, 0.3) is 5.91 Å². The lowest BCUT2D eigenvalue weighted by Crippen LogP contribution is -2.31. The number of ether oxygens (including phenoxy) is 1. The molecule has 3 nitrogen and oxygen atoms in total. The fourth-order valence-corrected chi connectivity index (χ4v) is 2.26. The van der Waals surface area contributed by atoms with Crippen LogP contribution in [0.3, 0.4) is 0 Å². The van der Waals surface area contributed by atoms with Gasteiger partial charge in [-0.3, -0.25) is 4.79 Å². The minimum Gasteiger partial charge on any atom is -0.497 e. The van der Waals surface area contributed by atoms with Crippen LogP contribution in [0.5, 0.6) is 5.75 Å². The molecule has 0 N–H and O–H groups in total. The van der Waals surface area contributed by atoms with E-state index in [1.807, 2.05) is 31.2 Å². The van der Waals surface area contributed by atoms with Gasteiger partial charge in [-0.25, -0.2) is 4.39 Å². The fraction of sp³-hybridized carbons (Fsp3) is 0.211. The van der Waals surface area contributed by atoms with E-state index in [-0.39, 0.29) is 11.5 Å². The van der Waals surface area contributed by atoms with Gasteiger partial charge in [0.05, 0.1) is 12.7 Å². The zero-order valence-corrected chi connectivity index (χ0v) is 13.4. The molecule has 0 bridgehead atoms. The van der Waals surface area contributed by atoms with Crippen LogP contribution < -0.4 is 4.74 Å². The number of amides is 1. The summed E-state index contributed by atoms with van der Waals surface area (Å²) < 4.78 is 19.1. The normalized spacial score (nSPS) is 10.2. The summed E-state index contributed by atoms with van der Waals surface area (Å²) in [5, 5.41) is 0. The fourth-order valence-electron chi connectivity index (χ4n) is 2.26. The van der Waals surface area contributed by atoms with Gasteiger partial charge in [-0.1, -0.05) is 35.9 Å². The highest BCUT2D eigenvalue weighted by Crippen LogP contribution is 2.19. The van der Waals surface area contributed by atoms with E-state index in [1.165, 1.54) is 19.2 Å². The van der Waals surface area contributed by atoms with Gasteiger partial charge in [0.2, 0.25) is 0 Å². The number of carbonyl (C=O) groups excluding carboxylic acids is 1. The van der Waals surface area contributed by atoms with Crippen molar-refractivity contribution in [3.05, 3.63) is 77.6 Å². The first kappa shape index (κ1) is 16.7. The van der Waals surface area contributed by atoms with E-state index in [4.69, 9.17) is 4.74 Å². The minimum atomic E-state index is -0.590. The van der Waals surface area contributed by atoms with E-state index >= 15 is 0 Å². The lowest BCUT2D eigenvalue weighted by atomic mass is 10.1. The number of methoxy groups -OCH3 is 1. The minimum absolute atomic E-state index is 0.0276. The first-order chi connectivity index (χ1) is 11.0. The highest BCUT2D eigenvalue weighted by Gasteiger charge is 2.19. The molecule has 2 aromatic carbocycles. The molecule has 0 aliphatic rings. The van der Waals surface area contributed by atoms with Crippen molar-refractivity contribution in [1.29, 1.82) is 0 Å². The molecule has 2 rings (SSSR count). The van der Waals surface area contributed by atoms with Crippen molar-refractivity contribution in [2.24, 2.45) is 0 Å². The van der Waals surface area contributed by atoms with Crippen molar-refractivity contribution in [3.8, 4) is 5.75 Å². The van der Waals surface area contributed by atoms with Gasteiger partial charge in [-0.2, -0.15) is 0 Å². The van der Waals surface area contributed by atoms with Gasteiger partial charge in [-0.15, -0.1) is 6.58 Å². The summed E-state index contributed by atoms with van der Waals surface area (Å²) in [4.78, 5) is 14.2. The van der Waals surface area contributed by atoms with Crippen LogP contribution in [-0.2, 0) is 6.54 Å². The zero-order chi connectivity index (χ0) is 16.8. The van der Waals surface area contributed by atoms with Crippen LogP contribution in [0.2, 0.25) is 0 Å². The second-order valence-electron chi connectivity index (χ2n) is 5.31. The summed E-state index contributed by atoms with van der Waals surface area (Å²) >= 11 is 0. The first-order valence-electron chi connectivity index (χ1n) is 7.34. The molecule has 0 heterocycles. The second kappa shape index (κ2) is 7.58. The molecule has 0 aliphatic heterocycles. The van der Waals surface area contributed by atoms with Crippen LogP contribution in [0.15, 0.2) is 55.1 Å². The molecule has 0 saturated carbocycles. The number of hydrogen-bond donors (Lipinski definition) is 0. The SMILES string of the molecule is C=CCN(Cc1ccc(C)cc1)C(=O)c1ccc(OC)cc1F. The van der Waals surface area contributed by atoms with Crippen LogP contribution in [-0.4, -0.2) is 24.5 Å². The summed E-state index contributed by atoms with van der Waals surface area (Å²) in [6.45, 7) is 6.42. The Morgan fingerprint density at radius 2 is 1.96 bits per heavy atom. The number of halogens is 1. The Labute approximate surface area is 136 Å². The topological polar surface area (TPSA) is 29.5 Å². The van der Waals surface area contributed by atoms with E-state index in [0.29, 0.717) is 18.8 Å². The van der Waals surface area contributed by atoms with Gasteiger partial charge in [0.1, 0.15) is 11.6 Å². The highest BCUT2D eigenvalue weighted by molar-refractivity contribution is 5.94. The molecule has 0 aliphatic carbocycles. The molecule has 120 valence electrons. The third-order valence-electron chi connectivity index (χ3n) is 3.54. The van der Waals surface area contributed by atoms with E-state index in [1.54, 1.807) is 17.0 Å². The van der Waals surface area contributed by atoms with Gasteiger partial charge in [0.15, 0.2) is 0 Å². The van der Waals surface area contributed by atoms with E-state index in [9.17, 15) is 9.18 Å². The number of hydrogen-bond acceptors (Lipinski definition) is 2. The number of rotatable bonds is 6. The predicted octanol–water partition coefficient (Wildman–Crippen LogP) is 3.97. The van der Waals surface area contributed by atoms with Gasteiger partial charge in [-0.05, 0) is 24.6 Å². The summed E-state index contributed by atoms with van der Waals surface area (Å²) in [5.41, 5.74) is 2.16. The third-order valence-corrected chi connectivity index (χ3v) is 3.54. The predicted molar refractivity (Wildman–Crippen MR) is 89.1 cm³/mol. The molecule has 2 aromatic rings. The van der Waals surface area contributed by atoms with Crippen LogP contribution in [0.1, 0.15) is 21.5 Å². The van der Waals surface area contributed by atoms with Crippen molar-refractivity contribution < 1.29 is 13.9 Å². The van der Waals surface area contributed by atoms with E-state index in [2.05, 4.69) is 6.58 Å². The van der Waals surface area contributed by atoms with Crippen LogP contribution >= 0.6 is 0 Å². The Bertz CT molecular complexity index is 695. The van der Waals surface area contributed by atoms with Crippen molar-refractivity contribution in [2.45, 2.75) is 13.5 Å². The number of carbonyl (C=O) groups is 1.